The summed E-state index contributed by atoms with van der Waals surface area (Å²) in [5.74, 6) is 0.802. The lowest BCUT2D eigenvalue weighted by molar-refractivity contribution is 0.309. The van der Waals surface area contributed by atoms with Gasteiger partial charge in [0.15, 0.2) is 11.3 Å². The van der Waals surface area contributed by atoms with Crippen LogP contribution in [0, 0.1) is 0 Å². The molecule has 0 atom stereocenters. The number of thiophene rings is 1. The van der Waals surface area contributed by atoms with E-state index in [-0.39, 0.29) is 0 Å². The number of fused-ring (bicyclic) bond motifs is 1. The van der Waals surface area contributed by atoms with Crippen LogP contribution in [0.2, 0.25) is 0 Å². The number of furan rings is 1. The molecule has 3 rings (SSSR count). The van der Waals surface area contributed by atoms with Crippen molar-refractivity contribution in [1.29, 1.82) is 0 Å². The lowest BCUT2D eigenvalue weighted by Gasteiger charge is -2.04. The van der Waals surface area contributed by atoms with Crippen molar-refractivity contribution < 1.29 is 9.15 Å². The van der Waals surface area contributed by atoms with Crippen LogP contribution >= 0.6 is 11.3 Å². The summed E-state index contributed by atoms with van der Waals surface area (Å²) in [4.78, 5) is 1.21. The second kappa shape index (κ2) is 4.02. The summed E-state index contributed by atoms with van der Waals surface area (Å²) >= 11 is 1.69. The molecule has 3 heteroatoms. The first-order valence-electron chi connectivity index (χ1n) is 5.05. The first-order chi connectivity index (χ1) is 7.93. The Morgan fingerprint density at radius 3 is 3.00 bits per heavy atom. The molecule has 0 fully saturated rings. The standard InChI is InChI=1S/C13H10O2S/c1-3-10-6-7-14-13(10)12(5-1)15-9-11-4-2-8-16-11/h1-8H,9H2. The molecule has 80 valence electrons. The van der Waals surface area contributed by atoms with Gasteiger partial charge >= 0.3 is 0 Å². The maximum absolute atomic E-state index is 5.74. The van der Waals surface area contributed by atoms with Crippen molar-refractivity contribution in [2.75, 3.05) is 0 Å². The molecule has 2 nitrogen and oxygen atoms in total. The quantitative estimate of drug-likeness (QED) is 0.676. The van der Waals surface area contributed by atoms with E-state index in [1.165, 1.54) is 4.88 Å². The van der Waals surface area contributed by atoms with Gasteiger partial charge in [-0.1, -0.05) is 18.2 Å². The first-order valence-corrected chi connectivity index (χ1v) is 5.93. The van der Waals surface area contributed by atoms with Crippen molar-refractivity contribution >= 4 is 22.3 Å². The van der Waals surface area contributed by atoms with Gasteiger partial charge in [0.25, 0.3) is 0 Å². The Morgan fingerprint density at radius 2 is 2.12 bits per heavy atom. The zero-order valence-electron chi connectivity index (χ0n) is 8.55. The van der Waals surface area contributed by atoms with E-state index in [2.05, 4.69) is 6.07 Å². The SMILES string of the molecule is c1csc(COc2cccc3ccoc23)c1. The molecule has 0 radical (unpaired) electrons. The number of benzene rings is 1. The molecule has 3 aromatic rings. The molecule has 0 saturated heterocycles. The third-order valence-electron chi connectivity index (χ3n) is 2.39. The van der Waals surface area contributed by atoms with Gasteiger partial charge in [0.1, 0.15) is 6.61 Å². The second-order valence-corrected chi connectivity index (χ2v) is 4.50. The van der Waals surface area contributed by atoms with Gasteiger partial charge in [0.2, 0.25) is 0 Å². The largest absolute Gasteiger partial charge is 0.484 e. The van der Waals surface area contributed by atoms with Gasteiger partial charge in [-0.3, -0.25) is 0 Å². The number of para-hydroxylation sites is 1. The topological polar surface area (TPSA) is 22.4 Å². The van der Waals surface area contributed by atoms with Gasteiger partial charge in [-0.25, -0.2) is 0 Å². The Hall–Kier alpha value is -1.74. The fraction of sp³-hybridized carbons (Fsp3) is 0.0769. The average molecular weight is 230 g/mol. The summed E-state index contributed by atoms with van der Waals surface area (Å²) in [6.07, 6.45) is 1.68. The lowest BCUT2D eigenvalue weighted by atomic mass is 10.2. The molecule has 0 N–H and O–H groups in total. The average Bonchev–Trinajstić information content (AvgIpc) is 2.97. The molecule has 0 amide bonds. The van der Waals surface area contributed by atoms with E-state index in [0.717, 1.165) is 16.7 Å². The molecule has 0 saturated carbocycles. The summed E-state index contributed by atoms with van der Waals surface area (Å²) in [6.45, 7) is 0.595. The summed E-state index contributed by atoms with van der Waals surface area (Å²) < 4.78 is 11.1. The molecule has 2 heterocycles. The van der Waals surface area contributed by atoms with Crippen LogP contribution in [-0.4, -0.2) is 0 Å². The number of rotatable bonds is 3. The fourth-order valence-electron chi connectivity index (χ4n) is 1.62. The smallest absolute Gasteiger partial charge is 0.175 e. The van der Waals surface area contributed by atoms with Gasteiger partial charge < -0.3 is 9.15 Å². The highest BCUT2D eigenvalue weighted by molar-refractivity contribution is 7.09. The van der Waals surface area contributed by atoms with Gasteiger partial charge in [-0.2, -0.15) is 0 Å². The number of hydrogen-bond acceptors (Lipinski definition) is 3. The van der Waals surface area contributed by atoms with E-state index >= 15 is 0 Å². The predicted molar refractivity (Wildman–Crippen MR) is 64.9 cm³/mol. The van der Waals surface area contributed by atoms with Crippen molar-refractivity contribution in [2.45, 2.75) is 6.61 Å². The van der Waals surface area contributed by atoms with Crippen LogP contribution in [0.1, 0.15) is 4.88 Å². The van der Waals surface area contributed by atoms with Crippen LogP contribution < -0.4 is 4.74 Å². The van der Waals surface area contributed by atoms with Crippen molar-refractivity contribution in [3.63, 3.8) is 0 Å². The van der Waals surface area contributed by atoms with E-state index in [9.17, 15) is 0 Å². The minimum absolute atomic E-state index is 0.595. The summed E-state index contributed by atoms with van der Waals surface area (Å²) in [5, 5.41) is 3.12. The van der Waals surface area contributed by atoms with Crippen molar-refractivity contribution in [3.05, 3.63) is 52.9 Å². The van der Waals surface area contributed by atoms with Gasteiger partial charge in [-0.15, -0.1) is 11.3 Å². The highest BCUT2D eigenvalue weighted by Gasteiger charge is 2.05. The molecule has 0 spiro atoms. The Morgan fingerprint density at radius 1 is 1.12 bits per heavy atom. The minimum atomic E-state index is 0.595. The number of hydrogen-bond donors (Lipinski definition) is 0. The van der Waals surface area contributed by atoms with Crippen molar-refractivity contribution in [1.82, 2.24) is 0 Å². The van der Waals surface area contributed by atoms with Crippen LogP contribution in [0.4, 0.5) is 0 Å². The third-order valence-corrected chi connectivity index (χ3v) is 3.24. The van der Waals surface area contributed by atoms with Crippen molar-refractivity contribution in [2.24, 2.45) is 0 Å². The molecule has 0 aliphatic rings. The lowest BCUT2D eigenvalue weighted by Crippen LogP contribution is -1.92. The van der Waals surface area contributed by atoms with Crippen LogP contribution in [0.15, 0.2) is 52.5 Å². The van der Waals surface area contributed by atoms with Gasteiger partial charge in [0, 0.05) is 10.3 Å². The highest BCUT2D eigenvalue weighted by atomic mass is 32.1. The molecule has 1 aromatic carbocycles. The Balaban J connectivity index is 1.86. The zero-order valence-corrected chi connectivity index (χ0v) is 9.37. The maximum Gasteiger partial charge on any atom is 0.175 e. The van der Waals surface area contributed by atoms with E-state index < -0.39 is 0 Å². The predicted octanol–water partition coefficient (Wildman–Crippen LogP) is 4.07. The molecule has 2 aromatic heterocycles. The van der Waals surface area contributed by atoms with Crippen LogP contribution in [0.5, 0.6) is 5.75 Å². The van der Waals surface area contributed by atoms with E-state index in [4.69, 9.17) is 9.15 Å². The van der Waals surface area contributed by atoms with Crippen LogP contribution in [-0.2, 0) is 6.61 Å². The molecule has 0 aliphatic carbocycles. The van der Waals surface area contributed by atoms with Crippen LogP contribution in [0.3, 0.4) is 0 Å². The Kier molecular flexibility index (Phi) is 2.38. The van der Waals surface area contributed by atoms with Gasteiger partial charge in [-0.05, 0) is 23.6 Å². The second-order valence-electron chi connectivity index (χ2n) is 3.46. The minimum Gasteiger partial charge on any atom is -0.484 e. The molecule has 0 aliphatic heterocycles. The van der Waals surface area contributed by atoms with Crippen molar-refractivity contribution in [3.8, 4) is 5.75 Å². The highest BCUT2D eigenvalue weighted by Crippen LogP contribution is 2.27. The molecular weight excluding hydrogens is 220 g/mol. The summed E-state index contributed by atoms with van der Waals surface area (Å²) in [6, 6.07) is 11.9. The first kappa shape index (κ1) is 9.48. The Labute approximate surface area is 97.1 Å². The van der Waals surface area contributed by atoms with E-state index in [0.29, 0.717) is 6.61 Å². The summed E-state index contributed by atoms with van der Waals surface area (Å²) in [7, 11) is 0. The molecular formula is C13H10O2S. The van der Waals surface area contributed by atoms with Gasteiger partial charge in [0.05, 0.1) is 6.26 Å². The van der Waals surface area contributed by atoms with E-state index in [1.807, 2.05) is 35.7 Å². The monoisotopic (exact) mass is 230 g/mol. The fourth-order valence-corrected chi connectivity index (χ4v) is 2.24. The van der Waals surface area contributed by atoms with E-state index in [1.54, 1.807) is 17.6 Å². The molecule has 0 bridgehead atoms. The zero-order chi connectivity index (χ0) is 10.8. The summed E-state index contributed by atoms with van der Waals surface area (Å²) in [5.41, 5.74) is 0.819. The molecule has 0 unspecified atom stereocenters. The maximum atomic E-state index is 5.74. The van der Waals surface area contributed by atoms with Crippen LogP contribution in [0.25, 0.3) is 11.0 Å². The normalized spacial score (nSPS) is 10.8. The Bertz CT molecular complexity index is 581. The molecule has 16 heavy (non-hydrogen) atoms. The third kappa shape index (κ3) is 1.70. The number of ether oxygens (including phenoxy) is 1.